The highest BCUT2D eigenvalue weighted by Crippen LogP contribution is 2.40. The molecule has 0 bridgehead atoms. The number of hydrogen-bond acceptors (Lipinski definition) is 4. The predicted octanol–water partition coefficient (Wildman–Crippen LogP) is 2.76. The summed E-state index contributed by atoms with van der Waals surface area (Å²) in [6.07, 6.45) is 9.69. The topological polar surface area (TPSA) is 56.8 Å². The van der Waals surface area contributed by atoms with Crippen molar-refractivity contribution in [2.75, 3.05) is 25.0 Å². The Labute approximate surface area is 137 Å². The number of rotatable bonds is 5. The molecule has 2 aromatic heterocycles. The molecule has 2 fully saturated rings. The Morgan fingerprint density at radius 3 is 3.09 bits per heavy atom. The van der Waals surface area contributed by atoms with E-state index in [9.17, 15) is 0 Å². The fourth-order valence-corrected chi connectivity index (χ4v) is 4.38. The molecule has 0 aromatic carbocycles. The minimum atomic E-state index is 0.766. The lowest BCUT2D eigenvalue weighted by atomic mass is 9.74. The summed E-state index contributed by atoms with van der Waals surface area (Å²) in [7, 11) is 0. The van der Waals surface area contributed by atoms with Crippen molar-refractivity contribution in [3.8, 4) is 0 Å². The van der Waals surface area contributed by atoms with Crippen LogP contribution in [0.5, 0.6) is 0 Å². The molecule has 23 heavy (non-hydrogen) atoms. The largest absolute Gasteiger partial charge is 0.370 e. The number of nitrogens with one attached hydrogen (secondary N) is 2. The summed E-state index contributed by atoms with van der Waals surface area (Å²) >= 11 is 0. The van der Waals surface area contributed by atoms with Crippen LogP contribution in [0.4, 0.5) is 5.82 Å². The highest BCUT2D eigenvalue weighted by Gasteiger charge is 2.39. The van der Waals surface area contributed by atoms with Crippen LogP contribution < -0.4 is 5.32 Å². The zero-order valence-electron chi connectivity index (χ0n) is 13.5. The Hall–Kier alpha value is -1.88. The number of aromatic amines is 1. The van der Waals surface area contributed by atoms with Crippen LogP contribution in [-0.2, 0) is 6.54 Å². The van der Waals surface area contributed by atoms with E-state index in [0.717, 1.165) is 36.7 Å². The molecule has 1 saturated heterocycles. The zero-order valence-corrected chi connectivity index (χ0v) is 13.5. The molecular formula is C18H25N5. The van der Waals surface area contributed by atoms with Crippen LogP contribution in [0.15, 0.2) is 36.9 Å². The first-order chi connectivity index (χ1) is 11.4. The van der Waals surface area contributed by atoms with Crippen molar-refractivity contribution in [1.29, 1.82) is 0 Å². The number of imidazole rings is 1. The van der Waals surface area contributed by atoms with Crippen LogP contribution in [0.3, 0.4) is 0 Å². The molecule has 3 atom stereocenters. The first kappa shape index (κ1) is 14.7. The Morgan fingerprint density at radius 1 is 1.26 bits per heavy atom. The van der Waals surface area contributed by atoms with E-state index in [2.05, 4.69) is 31.2 Å². The minimum absolute atomic E-state index is 0.766. The lowest BCUT2D eigenvalue weighted by Gasteiger charge is -2.33. The van der Waals surface area contributed by atoms with E-state index in [1.165, 1.54) is 38.0 Å². The molecule has 0 spiro atoms. The third-order valence-corrected chi connectivity index (χ3v) is 5.48. The SMILES string of the molecule is c1ccc(NC[C@H]2CCC[C@H]3CN(Cc4cnc[nH]4)C[C@@H]23)nc1. The molecule has 1 aliphatic heterocycles. The number of likely N-dealkylation sites (tertiary alicyclic amines) is 1. The molecule has 2 aromatic rings. The van der Waals surface area contributed by atoms with E-state index in [4.69, 9.17) is 0 Å². The lowest BCUT2D eigenvalue weighted by molar-refractivity contribution is 0.207. The van der Waals surface area contributed by atoms with Gasteiger partial charge in [-0.2, -0.15) is 0 Å². The molecule has 2 N–H and O–H groups in total. The van der Waals surface area contributed by atoms with Crippen molar-refractivity contribution in [3.63, 3.8) is 0 Å². The molecule has 2 aliphatic rings. The summed E-state index contributed by atoms with van der Waals surface area (Å²) in [4.78, 5) is 14.3. The summed E-state index contributed by atoms with van der Waals surface area (Å²) < 4.78 is 0. The fraction of sp³-hybridized carbons (Fsp3) is 0.556. The van der Waals surface area contributed by atoms with Gasteiger partial charge >= 0.3 is 0 Å². The van der Waals surface area contributed by atoms with Gasteiger partial charge in [-0.25, -0.2) is 9.97 Å². The maximum atomic E-state index is 4.38. The second-order valence-corrected chi connectivity index (χ2v) is 6.98. The average Bonchev–Trinajstić information content (AvgIpc) is 3.23. The van der Waals surface area contributed by atoms with Gasteiger partial charge in [-0.15, -0.1) is 0 Å². The van der Waals surface area contributed by atoms with E-state index in [-0.39, 0.29) is 0 Å². The number of nitrogens with zero attached hydrogens (tertiary/aromatic N) is 3. The summed E-state index contributed by atoms with van der Waals surface area (Å²) in [5, 5.41) is 3.54. The molecule has 0 unspecified atom stereocenters. The van der Waals surface area contributed by atoms with Gasteiger partial charge in [0.2, 0.25) is 0 Å². The van der Waals surface area contributed by atoms with Crippen LogP contribution in [0.1, 0.15) is 25.0 Å². The van der Waals surface area contributed by atoms with E-state index in [1.807, 2.05) is 24.5 Å². The van der Waals surface area contributed by atoms with Crippen molar-refractivity contribution < 1.29 is 0 Å². The number of hydrogen-bond donors (Lipinski definition) is 2. The van der Waals surface area contributed by atoms with Gasteiger partial charge in [0.05, 0.1) is 6.33 Å². The minimum Gasteiger partial charge on any atom is -0.370 e. The predicted molar refractivity (Wildman–Crippen MR) is 90.9 cm³/mol. The van der Waals surface area contributed by atoms with Crippen molar-refractivity contribution in [2.45, 2.75) is 25.8 Å². The summed E-state index contributed by atoms with van der Waals surface area (Å²) in [5.74, 6) is 3.45. The zero-order chi connectivity index (χ0) is 15.5. The quantitative estimate of drug-likeness (QED) is 0.891. The van der Waals surface area contributed by atoms with Crippen LogP contribution in [-0.4, -0.2) is 39.5 Å². The number of fused-ring (bicyclic) bond motifs is 1. The first-order valence-electron chi connectivity index (χ1n) is 8.73. The van der Waals surface area contributed by atoms with Gasteiger partial charge in [0.15, 0.2) is 0 Å². The summed E-state index contributed by atoms with van der Waals surface area (Å²) in [5.41, 5.74) is 1.23. The van der Waals surface area contributed by atoms with E-state index in [0.29, 0.717) is 0 Å². The summed E-state index contributed by atoms with van der Waals surface area (Å²) in [6, 6.07) is 6.06. The first-order valence-corrected chi connectivity index (χ1v) is 8.73. The fourth-order valence-electron chi connectivity index (χ4n) is 4.38. The second kappa shape index (κ2) is 6.71. The highest BCUT2D eigenvalue weighted by molar-refractivity contribution is 5.33. The second-order valence-electron chi connectivity index (χ2n) is 6.98. The van der Waals surface area contributed by atoms with Crippen molar-refractivity contribution in [2.24, 2.45) is 17.8 Å². The van der Waals surface area contributed by atoms with E-state index >= 15 is 0 Å². The van der Waals surface area contributed by atoms with Gasteiger partial charge in [0, 0.05) is 44.3 Å². The third-order valence-electron chi connectivity index (χ3n) is 5.48. The molecular weight excluding hydrogens is 286 g/mol. The van der Waals surface area contributed by atoms with Gasteiger partial charge in [0.25, 0.3) is 0 Å². The number of anilines is 1. The molecule has 5 nitrogen and oxygen atoms in total. The smallest absolute Gasteiger partial charge is 0.125 e. The number of aromatic nitrogens is 3. The normalized spacial score (nSPS) is 27.7. The van der Waals surface area contributed by atoms with Crippen molar-refractivity contribution >= 4 is 5.82 Å². The van der Waals surface area contributed by atoms with Crippen LogP contribution in [0, 0.1) is 17.8 Å². The van der Waals surface area contributed by atoms with Gasteiger partial charge in [-0.1, -0.05) is 12.5 Å². The number of H-pyrrole nitrogens is 1. The van der Waals surface area contributed by atoms with E-state index in [1.54, 1.807) is 6.33 Å². The van der Waals surface area contributed by atoms with Gasteiger partial charge in [-0.3, -0.25) is 4.90 Å². The molecule has 1 aliphatic carbocycles. The lowest BCUT2D eigenvalue weighted by Crippen LogP contribution is -2.32. The van der Waals surface area contributed by atoms with Gasteiger partial charge < -0.3 is 10.3 Å². The molecule has 5 heteroatoms. The van der Waals surface area contributed by atoms with Crippen LogP contribution in [0.2, 0.25) is 0 Å². The third kappa shape index (κ3) is 3.39. The van der Waals surface area contributed by atoms with Crippen molar-refractivity contribution in [1.82, 2.24) is 19.9 Å². The maximum absolute atomic E-state index is 4.38. The van der Waals surface area contributed by atoms with E-state index < -0.39 is 0 Å². The maximum Gasteiger partial charge on any atom is 0.125 e. The molecule has 0 amide bonds. The Balaban J connectivity index is 1.35. The monoisotopic (exact) mass is 311 g/mol. The summed E-state index contributed by atoms with van der Waals surface area (Å²) in [6.45, 7) is 4.52. The highest BCUT2D eigenvalue weighted by atomic mass is 15.2. The molecule has 0 radical (unpaired) electrons. The Morgan fingerprint density at radius 2 is 2.26 bits per heavy atom. The molecule has 3 heterocycles. The van der Waals surface area contributed by atoms with Crippen LogP contribution in [0.25, 0.3) is 0 Å². The molecule has 4 rings (SSSR count). The van der Waals surface area contributed by atoms with Crippen LogP contribution >= 0.6 is 0 Å². The van der Waals surface area contributed by atoms with Crippen molar-refractivity contribution in [3.05, 3.63) is 42.6 Å². The average molecular weight is 311 g/mol. The van der Waals surface area contributed by atoms with Gasteiger partial charge in [-0.05, 0) is 42.7 Å². The van der Waals surface area contributed by atoms with Gasteiger partial charge in [0.1, 0.15) is 5.82 Å². The molecule has 122 valence electrons. The standard InChI is InChI=1S/C18H25N5/c1-2-7-20-18(6-1)21-8-14-4-3-5-15-10-23(12-17(14)15)11-16-9-19-13-22-16/h1-2,6-7,9,13-15,17H,3-5,8,10-12H2,(H,19,22)(H,20,21)/t14-,15+,17+/m1/s1. The molecule has 1 saturated carbocycles. The Kier molecular flexibility index (Phi) is 4.28. The number of pyridine rings is 1. The Bertz CT molecular complexity index is 597.